The standard InChI is InChI=1S/C16H25N3O2/c1-3-14-13(11-18-19-14)16(20)17-10-6-8-12-7-4-5-9-15(12)21-2/h4-5,7,9,13-14,18-19H,3,6,8,10-11H2,1-2H3,(H,17,20). The van der Waals surface area contributed by atoms with Crippen LogP contribution in [0.25, 0.3) is 0 Å². The molecule has 5 nitrogen and oxygen atoms in total. The average Bonchev–Trinajstić information content (AvgIpc) is 3.00. The zero-order chi connectivity index (χ0) is 15.1. The number of amides is 1. The summed E-state index contributed by atoms with van der Waals surface area (Å²) in [5, 5.41) is 3.04. The summed E-state index contributed by atoms with van der Waals surface area (Å²) in [6, 6.07) is 8.25. The lowest BCUT2D eigenvalue weighted by molar-refractivity contribution is -0.124. The first-order chi connectivity index (χ1) is 10.3. The molecule has 3 N–H and O–H groups in total. The van der Waals surface area contributed by atoms with Gasteiger partial charge in [0.2, 0.25) is 5.91 Å². The first-order valence-corrected chi connectivity index (χ1v) is 7.64. The molecule has 0 bridgehead atoms. The molecule has 0 radical (unpaired) electrons. The second kappa shape index (κ2) is 8.00. The third-order valence-electron chi connectivity index (χ3n) is 3.99. The van der Waals surface area contributed by atoms with Gasteiger partial charge in [-0.15, -0.1) is 0 Å². The molecule has 1 amide bonds. The van der Waals surface area contributed by atoms with Gasteiger partial charge in [-0.1, -0.05) is 25.1 Å². The highest BCUT2D eigenvalue weighted by molar-refractivity contribution is 5.79. The van der Waals surface area contributed by atoms with Crippen LogP contribution in [0.1, 0.15) is 25.3 Å². The molecular weight excluding hydrogens is 266 g/mol. The second-order valence-corrected chi connectivity index (χ2v) is 5.35. The third-order valence-corrected chi connectivity index (χ3v) is 3.99. The lowest BCUT2D eigenvalue weighted by Crippen LogP contribution is -2.39. The van der Waals surface area contributed by atoms with Crippen LogP contribution in [0.3, 0.4) is 0 Å². The molecule has 0 spiro atoms. The summed E-state index contributed by atoms with van der Waals surface area (Å²) in [7, 11) is 1.69. The van der Waals surface area contributed by atoms with Crippen molar-refractivity contribution in [2.45, 2.75) is 32.2 Å². The van der Waals surface area contributed by atoms with Gasteiger partial charge in [0.05, 0.1) is 13.0 Å². The van der Waals surface area contributed by atoms with Crippen LogP contribution < -0.4 is 20.9 Å². The Morgan fingerprint density at radius 2 is 2.24 bits per heavy atom. The Kier molecular flexibility index (Phi) is 6.02. The number of para-hydroxylation sites is 1. The number of hydrogen-bond donors (Lipinski definition) is 3. The SMILES string of the molecule is CCC1NNCC1C(=O)NCCCc1ccccc1OC. The minimum atomic E-state index is 0.0289. The van der Waals surface area contributed by atoms with Gasteiger partial charge in [0.15, 0.2) is 0 Å². The van der Waals surface area contributed by atoms with Crippen LogP contribution in [-0.2, 0) is 11.2 Å². The molecule has 1 aliphatic rings. The molecule has 0 aromatic heterocycles. The summed E-state index contributed by atoms with van der Waals surface area (Å²) in [5.74, 6) is 1.08. The first kappa shape index (κ1) is 15.8. The Balaban J connectivity index is 1.73. The molecule has 0 saturated carbocycles. The molecule has 5 heteroatoms. The molecule has 0 aliphatic carbocycles. The Morgan fingerprint density at radius 1 is 1.43 bits per heavy atom. The van der Waals surface area contributed by atoms with E-state index in [9.17, 15) is 4.79 Å². The van der Waals surface area contributed by atoms with E-state index in [-0.39, 0.29) is 17.9 Å². The summed E-state index contributed by atoms with van der Waals surface area (Å²) in [4.78, 5) is 12.1. The van der Waals surface area contributed by atoms with Gasteiger partial charge in [-0.25, -0.2) is 0 Å². The fraction of sp³-hybridized carbons (Fsp3) is 0.562. The van der Waals surface area contributed by atoms with Gasteiger partial charge in [-0.2, -0.15) is 0 Å². The van der Waals surface area contributed by atoms with E-state index in [1.807, 2.05) is 18.2 Å². The van der Waals surface area contributed by atoms with Crippen molar-refractivity contribution in [2.75, 3.05) is 20.2 Å². The number of rotatable bonds is 7. The van der Waals surface area contributed by atoms with E-state index in [1.165, 1.54) is 5.56 Å². The normalized spacial score (nSPS) is 21.2. The zero-order valence-electron chi connectivity index (χ0n) is 12.8. The second-order valence-electron chi connectivity index (χ2n) is 5.35. The number of hydrazine groups is 1. The highest BCUT2D eigenvalue weighted by Crippen LogP contribution is 2.18. The van der Waals surface area contributed by atoms with E-state index in [4.69, 9.17) is 4.74 Å². The highest BCUT2D eigenvalue weighted by Gasteiger charge is 2.30. The maximum Gasteiger partial charge on any atom is 0.226 e. The summed E-state index contributed by atoms with van der Waals surface area (Å²) < 4.78 is 5.33. The molecule has 2 unspecified atom stereocenters. The van der Waals surface area contributed by atoms with E-state index >= 15 is 0 Å². The van der Waals surface area contributed by atoms with Crippen LogP contribution in [0.4, 0.5) is 0 Å². The van der Waals surface area contributed by atoms with Gasteiger partial charge < -0.3 is 10.1 Å². The number of carbonyl (C=O) groups excluding carboxylic acids is 1. The van der Waals surface area contributed by atoms with E-state index in [1.54, 1.807) is 7.11 Å². The summed E-state index contributed by atoms with van der Waals surface area (Å²) in [6.07, 6.45) is 2.77. The summed E-state index contributed by atoms with van der Waals surface area (Å²) in [6.45, 7) is 3.49. The molecule has 1 saturated heterocycles. The lowest BCUT2D eigenvalue weighted by Gasteiger charge is -2.16. The number of nitrogens with one attached hydrogen (secondary N) is 3. The monoisotopic (exact) mass is 291 g/mol. The number of ether oxygens (including phenoxy) is 1. The van der Waals surface area contributed by atoms with Crippen LogP contribution in [0.2, 0.25) is 0 Å². The fourth-order valence-electron chi connectivity index (χ4n) is 2.74. The zero-order valence-corrected chi connectivity index (χ0v) is 12.8. The molecule has 1 fully saturated rings. The molecule has 116 valence electrons. The van der Waals surface area contributed by atoms with Crippen molar-refractivity contribution in [3.8, 4) is 5.75 Å². The highest BCUT2D eigenvalue weighted by atomic mass is 16.5. The Bertz CT molecular complexity index is 465. The van der Waals surface area contributed by atoms with E-state index < -0.39 is 0 Å². The van der Waals surface area contributed by atoms with Crippen LogP contribution in [0.15, 0.2) is 24.3 Å². The predicted octanol–water partition coefficient (Wildman–Crippen LogP) is 1.25. The Morgan fingerprint density at radius 3 is 3.00 bits per heavy atom. The molecule has 21 heavy (non-hydrogen) atoms. The number of methoxy groups -OCH3 is 1. The van der Waals surface area contributed by atoms with Crippen molar-refractivity contribution < 1.29 is 9.53 Å². The summed E-state index contributed by atoms with van der Waals surface area (Å²) >= 11 is 0. The number of benzene rings is 1. The molecule has 1 aromatic rings. The van der Waals surface area contributed by atoms with Crippen molar-refractivity contribution >= 4 is 5.91 Å². The van der Waals surface area contributed by atoms with Gasteiger partial charge in [0.1, 0.15) is 5.75 Å². The number of carbonyl (C=O) groups is 1. The van der Waals surface area contributed by atoms with Crippen LogP contribution in [-0.4, -0.2) is 32.1 Å². The topological polar surface area (TPSA) is 62.4 Å². The first-order valence-electron chi connectivity index (χ1n) is 7.64. The molecule has 1 heterocycles. The smallest absolute Gasteiger partial charge is 0.226 e. The van der Waals surface area contributed by atoms with E-state index in [2.05, 4.69) is 29.2 Å². The largest absolute Gasteiger partial charge is 0.496 e. The molecule has 1 aliphatic heterocycles. The molecular formula is C16H25N3O2. The van der Waals surface area contributed by atoms with Crippen LogP contribution in [0, 0.1) is 5.92 Å². The van der Waals surface area contributed by atoms with Crippen molar-refractivity contribution in [1.29, 1.82) is 0 Å². The number of aryl methyl sites for hydroxylation is 1. The summed E-state index contributed by atoms with van der Waals surface area (Å²) in [5.41, 5.74) is 7.38. The molecule has 2 atom stereocenters. The van der Waals surface area contributed by atoms with Gasteiger partial charge in [-0.05, 0) is 30.9 Å². The number of hydrogen-bond acceptors (Lipinski definition) is 4. The van der Waals surface area contributed by atoms with Gasteiger partial charge in [0, 0.05) is 19.1 Å². The van der Waals surface area contributed by atoms with E-state index in [0.717, 1.165) is 25.0 Å². The minimum absolute atomic E-state index is 0.0289. The maximum absolute atomic E-state index is 12.1. The van der Waals surface area contributed by atoms with E-state index in [0.29, 0.717) is 13.1 Å². The fourth-order valence-corrected chi connectivity index (χ4v) is 2.74. The van der Waals surface area contributed by atoms with Crippen LogP contribution >= 0.6 is 0 Å². The maximum atomic E-state index is 12.1. The van der Waals surface area contributed by atoms with Gasteiger partial charge in [0.25, 0.3) is 0 Å². The van der Waals surface area contributed by atoms with Crippen molar-refractivity contribution in [3.63, 3.8) is 0 Å². The minimum Gasteiger partial charge on any atom is -0.496 e. The Hall–Kier alpha value is -1.59. The third kappa shape index (κ3) is 4.19. The van der Waals surface area contributed by atoms with Gasteiger partial charge >= 0.3 is 0 Å². The molecule has 1 aromatic carbocycles. The Labute approximate surface area is 126 Å². The predicted molar refractivity (Wildman–Crippen MR) is 83.0 cm³/mol. The van der Waals surface area contributed by atoms with Crippen molar-refractivity contribution in [3.05, 3.63) is 29.8 Å². The van der Waals surface area contributed by atoms with Gasteiger partial charge in [-0.3, -0.25) is 15.6 Å². The molecule has 2 rings (SSSR count). The van der Waals surface area contributed by atoms with Crippen LogP contribution in [0.5, 0.6) is 5.75 Å². The average molecular weight is 291 g/mol. The van der Waals surface area contributed by atoms with Crippen molar-refractivity contribution in [2.24, 2.45) is 5.92 Å². The quantitative estimate of drug-likeness (QED) is 0.662. The van der Waals surface area contributed by atoms with Crippen molar-refractivity contribution in [1.82, 2.24) is 16.2 Å². The lowest BCUT2D eigenvalue weighted by atomic mass is 9.99.